The Morgan fingerprint density at radius 2 is 2.53 bits per heavy atom. The number of aromatic nitrogens is 3. The van der Waals surface area contributed by atoms with E-state index in [0.29, 0.717) is 6.04 Å². The van der Waals surface area contributed by atoms with Crippen molar-refractivity contribution >= 4 is 5.91 Å². The average Bonchev–Trinajstić information content (AvgIpc) is 2.97. The smallest absolute Gasteiger partial charge is 0.244 e. The van der Waals surface area contributed by atoms with Crippen LogP contribution < -0.4 is 5.32 Å². The molecule has 0 aromatic carbocycles. The van der Waals surface area contributed by atoms with Crippen molar-refractivity contribution in [3.63, 3.8) is 0 Å². The minimum absolute atomic E-state index is 0.103. The molecule has 6 nitrogen and oxygen atoms in total. The third-order valence-corrected chi connectivity index (χ3v) is 3.10. The molecular weight excluding hydrogens is 218 g/mol. The number of likely N-dealkylation sites (N-methyl/N-ethyl adjacent to an activating group) is 1. The Kier molecular flexibility index (Phi) is 4.08. The van der Waals surface area contributed by atoms with E-state index in [0.717, 1.165) is 26.1 Å². The van der Waals surface area contributed by atoms with Crippen molar-refractivity contribution in [3.05, 3.63) is 12.7 Å². The Morgan fingerprint density at radius 1 is 1.65 bits per heavy atom. The third-order valence-electron chi connectivity index (χ3n) is 3.10. The number of carbonyl (C=O) groups excluding carboxylic acids is 1. The van der Waals surface area contributed by atoms with Crippen LogP contribution in [0.15, 0.2) is 12.7 Å². The van der Waals surface area contributed by atoms with Gasteiger partial charge in [0.15, 0.2) is 0 Å². The summed E-state index contributed by atoms with van der Waals surface area (Å²) in [4.78, 5) is 17.8. The van der Waals surface area contributed by atoms with Crippen LogP contribution in [0.3, 0.4) is 0 Å². The predicted molar refractivity (Wildman–Crippen MR) is 63.3 cm³/mol. The first-order chi connectivity index (χ1) is 8.29. The van der Waals surface area contributed by atoms with E-state index in [2.05, 4.69) is 15.4 Å². The molecule has 1 saturated heterocycles. The Balaban J connectivity index is 1.86. The fraction of sp³-hybridized carbons (Fsp3) is 0.727. The molecule has 1 amide bonds. The van der Waals surface area contributed by atoms with Gasteiger partial charge in [0.05, 0.1) is 0 Å². The Labute approximate surface area is 101 Å². The van der Waals surface area contributed by atoms with Gasteiger partial charge in [0.25, 0.3) is 0 Å². The topological polar surface area (TPSA) is 63.1 Å². The molecule has 0 aliphatic carbocycles. The minimum Gasteiger partial charge on any atom is -0.340 e. The molecule has 1 aliphatic rings. The molecule has 1 aromatic rings. The zero-order valence-corrected chi connectivity index (χ0v) is 10.2. The summed E-state index contributed by atoms with van der Waals surface area (Å²) in [5, 5.41) is 7.35. The van der Waals surface area contributed by atoms with Gasteiger partial charge in [-0.2, -0.15) is 5.10 Å². The lowest BCUT2D eigenvalue weighted by molar-refractivity contribution is -0.132. The number of nitrogens with zero attached hydrogens (tertiary/aromatic N) is 4. The molecule has 0 radical (unpaired) electrons. The number of carbonyl (C=O) groups is 1. The highest BCUT2D eigenvalue weighted by Crippen LogP contribution is 2.07. The van der Waals surface area contributed by atoms with Crippen LogP contribution in [0, 0.1) is 0 Å². The maximum absolute atomic E-state index is 12.0. The lowest BCUT2D eigenvalue weighted by Crippen LogP contribution is -2.42. The number of rotatable bonds is 5. The van der Waals surface area contributed by atoms with E-state index in [1.807, 2.05) is 11.8 Å². The first kappa shape index (κ1) is 12.0. The Bertz CT molecular complexity index is 345. The second kappa shape index (κ2) is 5.77. The molecule has 1 aliphatic heterocycles. The van der Waals surface area contributed by atoms with Crippen LogP contribution >= 0.6 is 0 Å². The van der Waals surface area contributed by atoms with Crippen LogP contribution in [0.4, 0.5) is 0 Å². The van der Waals surface area contributed by atoms with Crippen molar-refractivity contribution in [2.45, 2.75) is 32.4 Å². The first-order valence-electron chi connectivity index (χ1n) is 6.13. The lowest BCUT2D eigenvalue weighted by Gasteiger charge is -2.24. The van der Waals surface area contributed by atoms with E-state index in [1.54, 1.807) is 11.0 Å². The van der Waals surface area contributed by atoms with Gasteiger partial charge in [-0.1, -0.05) is 0 Å². The summed E-state index contributed by atoms with van der Waals surface area (Å²) in [6.07, 6.45) is 5.38. The summed E-state index contributed by atoms with van der Waals surface area (Å²) in [5.41, 5.74) is 0. The van der Waals surface area contributed by atoms with E-state index in [-0.39, 0.29) is 12.5 Å². The first-order valence-corrected chi connectivity index (χ1v) is 6.13. The van der Waals surface area contributed by atoms with E-state index < -0.39 is 0 Å². The van der Waals surface area contributed by atoms with Crippen LogP contribution in [0.1, 0.15) is 19.8 Å². The summed E-state index contributed by atoms with van der Waals surface area (Å²) in [6.45, 7) is 4.89. The fourth-order valence-electron chi connectivity index (χ4n) is 2.14. The van der Waals surface area contributed by atoms with Gasteiger partial charge in [0.2, 0.25) is 5.91 Å². The van der Waals surface area contributed by atoms with Crippen LogP contribution in [0.5, 0.6) is 0 Å². The van der Waals surface area contributed by atoms with Crippen LogP contribution in [0.25, 0.3) is 0 Å². The summed E-state index contributed by atoms with van der Waals surface area (Å²) < 4.78 is 1.56. The zero-order valence-electron chi connectivity index (χ0n) is 10.2. The van der Waals surface area contributed by atoms with Crippen molar-refractivity contribution in [2.75, 3.05) is 19.6 Å². The molecule has 1 N–H and O–H groups in total. The van der Waals surface area contributed by atoms with Gasteiger partial charge in [0.1, 0.15) is 19.2 Å². The van der Waals surface area contributed by atoms with Gasteiger partial charge >= 0.3 is 0 Å². The highest BCUT2D eigenvalue weighted by molar-refractivity contribution is 5.75. The van der Waals surface area contributed by atoms with Gasteiger partial charge in [0, 0.05) is 19.1 Å². The van der Waals surface area contributed by atoms with Crippen LogP contribution in [0.2, 0.25) is 0 Å². The van der Waals surface area contributed by atoms with Crippen LogP contribution in [-0.4, -0.2) is 51.2 Å². The number of amides is 1. The van der Waals surface area contributed by atoms with Crippen molar-refractivity contribution in [2.24, 2.45) is 0 Å². The molecule has 1 unspecified atom stereocenters. The number of nitrogens with one attached hydrogen (secondary N) is 1. The summed E-state index contributed by atoms with van der Waals surface area (Å²) in [6, 6.07) is 0.453. The highest BCUT2D eigenvalue weighted by Gasteiger charge is 2.20. The van der Waals surface area contributed by atoms with Gasteiger partial charge in [-0.3, -0.25) is 4.79 Å². The maximum Gasteiger partial charge on any atom is 0.244 e. The second-order valence-corrected chi connectivity index (χ2v) is 4.32. The van der Waals surface area contributed by atoms with Gasteiger partial charge in [-0.25, -0.2) is 9.67 Å². The molecule has 1 fully saturated rings. The SMILES string of the molecule is CCN(CC1CCCN1)C(=O)Cn1cncn1. The van der Waals surface area contributed by atoms with Gasteiger partial charge < -0.3 is 10.2 Å². The number of hydrogen-bond donors (Lipinski definition) is 1. The Hall–Kier alpha value is -1.43. The fourth-order valence-corrected chi connectivity index (χ4v) is 2.14. The van der Waals surface area contributed by atoms with Gasteiger partial charge in [-0.15, -0.1) is 0 Å². The minimum atomic E-state index is 0.103. The summed E-state index contributed by atoms with van der Waals surface area (Å²) >= 11 is 0. The molecule has 17 heavy (non-hydrogen) atoms. The zero-order chi connectivity index (χ0) is 12.1. The standard InChI is InChI=1S/C11H19N5O/c1-2-15(6-10-4-3-5-13-10)11(17)7-16-9-12-8-14-16/h8-10,13H,2-7H2,1H3. The molecule has 6 heteroatoms. The van der Waals surface area contributed by atoms with Crippen molar-refractivity contribution in [3.8, 4) is 0 Å². The molecule has 1 atom stereocenters. The molecule has 0 bridgehead atoms. The summed E-state index contributed by atoms with van der Waals surface area (Å²) in [7, 11) is 0. The van der Waals surface area contributed by atoms with E-state index >= 15 is 0 Å². The molecule has 0 spiro atoms. The molecule has 1 aromatic heterocycles. The maximum atomic E-state index is 12.0. The average molecular weight is 237 g/mol. The van der Waals surface area contributed by atoms with Gasteiger partial charge in [-0.05, 0) is 26.3 Å². The van der Waals surface area contributed by atoms with E-state index in [9.17, 15) is 4.79 Å². The van der Waals surface area contributed by atoms with Crippen LogP contribution in [-0.2, 0) is 11.3 Å². The predicted octanol–water partition coefficient (Wildman–Crippen LogP) is -0.121. The molecule has 2 rings (SSSR count). The monoisotopic (exact) mass is 237 g/mol. The van der Waals surface area contributed by atoms with Crippen molar-refractivity contribution < 1.29 is 4.79 Å². The lowest BCUT2D eigenvalue weighted by atomic mass is 10.2. The van der Waals surface area contributed by atoms with E-state index in [4.69, 9.17) is 0 Å². The summed E-state index contributed by atoms with van der Waals surface area (Å²) in [5.74, 6) is 0.103. The van der Waals surface area contributed by atoms with Crippen molar-refractivity contribution in [1.29, 1.82) is 0 Å². The van der Waals surface area contributed by atoms with Crippen molar-refractivity contribution in [1.82, 2.24) is 25.0 Å². The number of hydrogen-bond acceptors (Lipinski definition) is 4. The molecule has 94 valence electrons. The molecule has 0 saturated carbocycles. The molecule has 2 heterocycles. The second-order valence-electron chi connectivity index (χ2n) is 4.32. The molecular formula is C11H19N5O. The quantitative estimate of drug-likeness (QED) is 0.775. The largest absolute Gasteiger partial charge is 0.340 e. The highest BCUT2D eigenvalue weighted by atomic mass is 16.2. The van der Waals surface area contributed by atoms with E-state index in [1.165, 1.54) is 12.7 Å². The normalized spacial score (nSPS) is 19.5. The Morgan fingerprint density at radius 3 is 3.12 bits per heavy atom. The third kappa shape index (κ3) is 3.26.